The molecule has 0 N–H and O–H groups in total. The summed E-state index contributed by atoms with van der Waals surface area (Å²) >= 11 is 0. The maximum Gasteiger partial charge on any atom is 0.239 e. The molecule has 0 saturated carbocycles. The molecular formula is C9H16N2O. The number of carbonyl (C=O) groups excluding carboxylic acids is 1. The van der Waals surface area contributed by atoms with Crippen LogP contribution < -0.4 is 0 Å². The Kier molecular flexibility index (Phi) is 5.11. The van der Waals surface area contributed by atoms with Crippen LogP contribution in [0.2, 0.25) is 0 Å². The number of amides is 1. The van der Waals surface area contributed by atoms with Gasteiger partial charge < -0.3 is 4.90 Å². The summed E-state index contributed by atoms with van der Waals surface area (Å²) in [4.78, 5) is 13.2. The predicted octanol–water partition coefficient (Wildman–Crippen LogP) is 1.40. The smallest absolute Gasteiger partial charge is 0.239 e. The number of rotatable bonds is 4. The first-order valence-electron chi connectivity index (χ1n) is 4.39. The van der Waals surface area contributed by atoms with Gasteiger partial charge in [-0.1, -0.05) is 6.92 Å². The highest BCUT2D eigenvalue weighted by atomic mass is 16.2. The van der Waals surface area contributed by atoms with Crippen LogP contribution >= 0.6 is 0 Å². The minimum absolute atomic E-state index is 0.0370. The molecule has 3 nitrogen and oxygen atoms in total. The SMILES string of the molecule is CCC(C#N)C(=O)N(CC)CC. The second-order valence-electron chi connectivity index (χ2n) is 2.60. The molecule has 68 valence electrons. The molecule has 3 heteroatoms. The molecule has 0 aliphatic carbocycles. The third-order valence-electron chi connectivity index (χ3n) is 1.94. The monoisotopic (exact) mass is 168 g/mol. The molecule has 0 aliphatic heterocycles. The standard InChI is InChI=1S/C9H16N2O/c1-4-8(7-10)9(12)11(5-2)6-3/h8H,4-6H2,1-3H3. The van der Waals surface area contributed by atoms with Crippen LogP contribution in [-0.4, -0.2) is 23.9 Å². The van der Waals surface area contributed by atoms with Crippen LogP contribution in [-0.2, 0) is 4.79 Å². The summed E-state index contributed by atoms with van der Waals surface area (Å²) in [6.07, 6.45) is 0.603. The number of nitriles is 1. The molecule has 0 fully saturated rings. The van der Waals surface area contributed by atoms with Gasteiger partial charge in [-0.15, -0.1) is 0 Å². The average molecular weight is 168 g/mol. The summed E-state index contributed by atoms with van der Waals surface area (Å²) in [6.45, 7) is 7.08. The molecule has 0 rings (SSSR count). The molecular weight excluding hydrogens is 152 g/mol. The summed E-state index contributed by atoms with van der Waals surface area (Å²) in [5.74, 6) is -0.491. The summed E-state index contributed by atoms with van der Waals surface area (Å²) in [6, 6.07) is 2.01. The minimum Gasteiger partial charge on any atom is -0.342 e. The zero-order chi connectivity index (χ0) is 9.56. The van der Waals surface area contributed by atoms with Crippen molar-refractivity contribution in [3.05, 3.63) is 0 Å². The Hall–Kier alpha value is -1.04. The van der Waals surface area contributed by atoms with Gasteiger partial charge in [0.15, 0.2) is 0 Å². The molecule has 0 bridgehead atoms. The normalized spacial score (nSPS) is 11.8. The van der Waals surface area contributed by atoms with E-state index >= 15 is 0 Å². The molecule has 0 radical (unpaired) electrons. The topological polar surface area (TPSA) is 44.1 Å². The third kappa shape index (κ3) is 2.54. The average Bonchev–Trinajstić information content (AvgIpc) is 2.09. The Morgan fingerprint density at radius 2 is 1.92 bits per heavy atom. The first-order chi connectivity index (χ1) is 5.71. The number of carbonyl (C=O) groups is 1. The quantitative estimate of drug-likeness (QED) is 0.637. The van der Waals surface area contributed by atoms with E-state index in [2.05, 4.69) is 0 Å². The van der Waals surface area contributed by atoms with E-state index in [0.29, 0.717) is 19.5 Å². The van der Waals surface area contributed by atoms with Gasteiger partial charge in [-0.3, -0.25) is 4.79 Å². The largest absolute Gasteiger partial charge is 0.342 e. The Morgan fingerprint density at radius 1 is 1.42 bits per heavy atom. The molecule has 0 aromatic carbocycles. The summed E-state index contributed by atoms with van der Waals surface area (Å²) in [5, 5.41) is 8.64. The van der Waals surface area contributed by atoms with Crippen molar-refractivity contribution in [2.24, 2.45) is 5.92 Å². The Bertz CT molecular complexity index is 179. The molecule has 0 aliphatic rings. The first kappa shape index (κ1) is 11.0. The van der Waals surface area contributed by atoms with E-state index in [1.54, 1.807) is 4.90 Å². The lowest BCUT2D eigenvalue weighted by atomic mass is 10.1. The van der Waals surface area contributed by atoms with Crippen molar-refractivity contribution in [2.75, 3.05) is 13.1 Å². The van der Waals surface area contributed by atoms with Gasteiger partial charge in [-0.25, -0.2) is 0 Å². The molecule has 12 heavy (non-hydrogen) atoms. The van der Waals surface area contributed by atoms with Gasteiger partial charge in [-0.05, 0) is 20.3 Å². The Morgan fingerprint density at radius 3 is 2.17 bits per heavy atom. The van der Waals surface area contributed by atoms with Gasteiger partial charge >= 0.3 is 0 Å². The number of nitrogens with zero attached hydrogens (tertiary/aromatic N) is 2. The molecule has 1 amide bonds. The zero-order valence-corrected chi connectivity index (χ0v) is 8.00. The van der Waals surface area contributed by atoms with Crippen LogP contribution in [0.1, 0.15) is 27.2 Å². The van der Waals surface area contributed by atoms with Crippen molar-refractivity contribution in [1.29, 1.82) is 5.26 Å². The van der Waals surface area contributed by atoms with E-state index in [9.17, 15) is 4.79 Å². The van der Waals surface area contributed by atoms with Crippen molar-refractivity contribution in [2.45, 2.75) is 27.2 Å². The summed E-state index contributed by atoms with van der Waals surface area (Å²) in [7, 11) is 0. The number of hydrogen-bond donors (Lipinski definition) is 0. The molecule has 1 unspecified atom stereocenters. The highest BCUT2D eigenvalue weighted by Gasteiger charge is 2.19. The maximum absolute atomic E-state index is 11.5. The van der Waals surface area contributed by atoms with Crippen LogP contribution in [0, 0.1) is 17.2 Å². The van der Waals surface area contributed by atoms with Crippen LogP contribution in [0.25, 0.3) is 0 Å². The van der Waals surface area contributed by atoms with E-state index < -0.39 is 5.92 Å². The third-order valence-corrected chi connectivity index (χ3v) is 1.94. The molecule has 0 heterocycles. The van der Waals surface area contributed by atoms with Gasteiger partial charge in [0.05, 0.1) is 6.07 Å². The fourth-order valence-corrected chi connectivity index (χ4v) is 1.08. The van der Waals surface area contributed by atoms with Crippen LogP contribution in [0.3, 0.4) is 0 Å². The Labute approximate surface area is 74.0 Å². The van der Waals surface area contributed by atoms with Crippen LogP contribution in [0.4, 0.5) is 0 Å². The Balaban J connectivity index is 4.25. The van der Waals surface area contributed by atoms with Crippen LogP contribution in [0.15, 0.2) is 0 Å². The lowest BCUT2D eigenvalue weighted by Crippen LogP contribution is -2.35. The van der Waals surface area contributed by atoms with E-state index in [4.69, 9.17) is 5.26 Å². The predicted molar refractivity (Wildman–Crippen MR) is 47.3 cm³/mol. The van der Waals surface area contributed by atoms with E-state index in [0.717, 1.165) is 0 Å². The highest BCUT2D eigenvalue weighted by Crippen LogP contribution is 2.05. The van der Waals surface area contributed by atoms with E-state index in [1.807, 2.05) is 26.8 Å². The molecule has 0 saturated heterocycles. The highest BCUT2D eigenvalue weighted by molar-refractivity contribution is 5.81. The fourth-order valence-electron chi connectivity index (χ4n) is 1.08. The van der Waals surface area contributed by atoms with Gasteiger partial charge in [-0.2, -0.15) is 5.26 Å². The summed E-state index contributed by atoms with van der Waals surface area (Å²) in [5.41, 5.74) is 0. The zero-order valence-electron chi connectivity index (χ0n) is 8.00. The van der Waals surface area contributed by atoms with Gasteiger partial charge in [0, 0.05) is 13.1 Å². The second-order valence-corrected chi connectivity index (χ2v) is 2.60. The second kappa shape index (κ2) is 5.59. The van der Waals surface area contributed by atoms with Crippen molar-refractivity contribution in [1.82, 2.24) is 4.90 Å². The van der Waals surface area contributed by atoms with Crippen molar-refractivity contribution >= 4 is 5.91 Å². The lowest BCUT2D eigenvalue weighted by Gasteiger charge is -2.20. The molecule has 0 spiro atoms. The molecule has 0 aromatic rings. The lowest BCUT2D eigenvalue weighted by molar-refractivity contribution is -0.133. The first-order valence-corrected chi connectivity index (χ1v) is 4.39. The van der Waals surface area contributed by atoms with Gasteiger partial charge in [0.25, 0.3) is 0 Å². The maximum atomic E-state index is 11.5. The van der Waals surface area contributed by atoms with Crippen LogP contribution in [0.5, 0.6) is 0 Å². The minimum atomic E-state index is -0.454. The summed E-state index contributed by atoms with van der Waals surface area (Å²) < 4.78 is 0. The van der Waals surface area contributed by atoms with Crippen molar-refractivity contribution < 1.29 is 4.79 Å². The van der Waals surface area contributed by atoms with Crippen molar-refractivity contribution in [3.8, 4) is 6.07 Å². The van der Waals surface area contributed by atoms with Gasteiger partial charge in [0.2, 0.25) is 5.91 Å². The number of hydrogen-bond acceptors (Lipinski definition) is 2. The molecule has 0 aromatic heterocycles. The van der Waals surface area contributed by atoms with Crippen molar-refractivity contribution in [3.63, 3.8) is 0 Å². The van der Waals surface area contributed by atoms with E-state index in [-0.39, 0.29) is 5.91 Å². The fraction of sp³-hybridized carbons (Fsp3) is 0.778. The van der Waals surface area contributed by atoms with E-state index in [1.165, 1.54) is 0 Å². The van der Waals surface area contributed by atoms with Gasteiger partial charge in [0.1, 0.15) is 5.92 Å². The molecule has 1 atom stereocenters.